The molecular formula is C19H19NO6S. The Morgan fingerprint density at radius 2 is 1.81 bits per heavy atom. The molecule has 2 N–H and O–H groups in total. The minimum Gasteiger partial charge on any atom is -0.496 e. The second-order valence-electron chi connectivity index (χ2n) is 6.56. The third-order valence-electron chi connectivity index (χ3n) is 4.65. The van der Waals surface area contributed by atoms with E-state index in [0.29, 0.717) is 18.6 Å². The molecule has 0 aromatic heterocycles. The van der Waals surface area contributed by atoms with E-state index in [1.807, 2.05) is 18.2 Å². The molecular weight excluding hydrogens is 370 g/mol. The molecule has 2 aromatic carbocycles. The van der Waals surface area contributed by atoms with Gasteiger partial charge in [0.1, 0.15) is 5.75 Å². The molecule has 1 aliphatic carbocycles. The van der Waals surface area contributed by atoms with Crippen molar-refractivity contribution in [3.05, 3.63) is 53.6 Å². The fourth-order valence-corrected chi connectivity index (χ4v) is 3.73. The summed E-state index contributed by atoms with van der Waals surface area (Å²) in [6.45, 7) is 0. The Morgan fingerprint density at radius 3 is 2.37 bits per heavy atom. The third-order valence-corrected chi connectivity index (χ3v) is 5.74. The van der Waals surface area contributed by atoms with Gasteiger partial charge in [-0.1, -0.05) is 18.2 Å². The maximum Gasteiger partial charge on any atom is 0.335 e. The molecule has 0 heterocycles. The molecule has 1 amide bonds. The summed E-state index contributed by atoms with van der Waals surface area (Å²) < 4.78 is 29.0. The van der Waals surface area contributed by atoms with Crippen LogP contribution >= 0.6 is 0 Å². The number of hydrogen-bond acceptors (Lipinski definition) is 5. The van der Waals surface area contributed by atoms with Crippen LogP contribution in [0.25, 0.3) is 0 Å². The largest absolute Gasteiger partial charge is 0.496 e. The quantitative estimate of drug-likeness (QED) is 0.785. The van der Waals surface area contributed by atoms with E-state index >= 15 is 0 Å². The molecule has 3 rings (SSSR count). The first-order valence-electron chi connectivity index (χ1n) is 8.21. The third kappa shape index (κ3) is 3.66. The van der Waals surface area contributed by atoms with E-state index in [9.17, 15) is 23.1 Å². The van der Waals surface area contributed by atoms with Gasteiger partial charge in [0.25, 0.3) is 0 Å². The molecule has 0 bridgehead atoms. The van der Waals surface area contributed by atoms with Gasteiger partial charge >= 0.3 is 5.97 Å². The van der Waals surface area contributed by atoms with Gasteiger partial charge in [-0.3, -0.25) is 4.79 Å². The number of aromatic carboxylic acids is 1. The van der Waals surface area contributed by atoms with Gasteiger partial charge in [0.15, 0.2) is 9.84 Å². The molecule has 142 valence electrons. The number of rotatable bonds is 6. The van der Waals surface area contributed by atoms with E-state index in [2.05, 4.69) is 5.32 Å². The number of benzene rings is 2. The summed E-state index contributed by atoms with van der Waals surface area (Å²) in [6.07, 6.45) is 2.23. The molecule has 2 aromatic rings. The second-order valence-corrected chi connectivity index (χ2v) is 8.58. The monoisotopic (exact) mass is 389 g/mol. The average molecular weight is 389 g/mol. The van der Waals surface area contributed by atoms with Crippen LogP contribution in [0.5, 0.6) is 5.75 Å². The van der Waals surface area contributed by atoms with Gasteiger partial charge in [0.2, 0.25) is 5.91 Å². The van der Waals surface area contributed by atoms with Crippen LogP contribution in [0, 0.1) is 0 Å². The topological polar surface area (TPSA) is 110 Å². The molecule has 0 unspecified atom stereocenters. The first-order valence-corrected chi connectivity index (χ1v) is 10.1. The second kappa shape index (κ2) is 6.70. The van der Waals surface area contributed by atoms with Crippen LogP contribution in [0.1, 0.15) is 28.8 Å². The van der Waals surface area contributed by atoms with Crippen molar-refractivity contribution in [3.8, 4) is 5.75 Å². The number of nitrogens with one attached hydrogen (secondary N) is 1. The molecule has 7 nitrogen and oxygen atoms in total. The molecule has 1 fully saturated rings. The highest BCUT2D eigenvalue weighted by Gasteiger charge is 2.52. The number of amides is 1. The van der Waals surface area contributed by atoms with Gasteiger partial charge in [0, 0.05) is 17.5 Å². The SMILES string of the molecule is COc1ccccc1C1(C(=O)Nc2cc(C(=O)O)cc(S(C)(=O)=O)c2)CC1. The molecule has 1 aliphatic rings. The number of ether oxygens (including phenoxy) is 1. The average Bonchev–Trinajstić information content (AvgIpc) is 3.42. The van der Waals surface area contributed by atoms with Crippen molar-refractivity contribution in [1.29, 1.82) is 0 Å². The van der Waals surface area contributed by atoms with Crippen LogP contribution in [-0.2, 0) is 20.0 Å². The van der Waals surface area contributed by atoms with Crippen LogP contribution < -0.4 is 10.1 Å². The maximum absolute atomic E-state index is 12.9. The van der Waals surface area contributed by atoms with Crippen molar-refractivity contribution in [3.63, 3.8) is 0 Å². The zero-order chi connectivity index (χ0) is 19.8. The highest BCUT2D eigenvalue weighted by Crippen LogP contribution is 2.52. The Kier molecular flexibility index (Phi) is 4.69. The Bertz CT molecular complexity index is 1020. The number of carboxylic acids is 1. The Morgan fingerprint density at radius 1 is 1.15 bits per heavy atom. The molecule has 8 heteroatoms. The molecule has 1 saturated carbocycles. The van der Waals surface area contributed by atoms with Crippen molar-refractivity contribution in [2.75, 3.05) is 18.7 Å². The van der Waals surface area contributed by atoms with E-state index in [1.54, 1.807) is 6.07 Å². The number of anilines is 1. The lowest BCUT2D eigenvalue weighted by Gasteiger charge is -2.19. The number of carbonyl (C=O) groups is 2. The Hall–Kier alpha value is -2.87. The molecule has 0 spiro atoms. The molecule has 0 saturated heterocycles. The summed E-state index contributed by atoms with van der Waals surface area (Å²) in [5, 5.41) is 11.9. The summed E-state index contributed by atoms with van der Waals surface area (Å²) in [6, 6.07) is 10.8. The predicted molar refractivity (Wildman–Crippen MR) is 99.0 cm³/mol. The number of hydrogen-bond donors (Lipinski definition) is 2. The summed E-state index contributed by atoms with van der Waals surface area (Å²) in [5.74, 6) is -1.00. The zero-order valence-electron chi connectivity index (χ0n) is 14.9. The van der Waals surface area contributed by atoms with Crippen molar-refractivity contribution in [2.24, 2.45) is 0 Å². The van der Waals surface area contributed by atoms with E-state index in [-0.39, 0.29) is 22.1 Å². The lowest BCUT2D eigenvalue weighted by molar-refractivity contribution is -0.118. The smallest absolute Gasteiger partial charge is 0.335 e. The van der Waals surface area contributed by atoms with Gasteiger partial charge in [0.05, 0.1) is 23.0 Å². The van der Waals surface area contributed by atoms with E-state index in [1.165, 1.54) is 19.2 Å². The van der Waals surface area contributed by atoms with Crippen molar-refractivity contribution < 1.29 is 27.9 Å². The zero-order valence-corrected chi connectivity index (χ0v) is 15.7. The molecule has 0 atom stereocenters. The van der Waals surface area contributed by atoms with Crippen LogP contribution in [0.2, 0.25) is 0 Å². The van der Waals surface area contributed by atoms with E-state index in [4.69, 9.17) is 4.74 Å². The molecule has 27 heavy (non-hydrogen) atoms. The van der Waals surface area contributed by atoms with Crippen LogP contribution in [0.15, 0.2) is 47.4 Å². The number of para-hydroxylation sites is 1. The first kappa shape index (κ1) is 18.9. The highest BCUT2D eigenvalue weighted by molar-refractivity contribution is 7.90. The van der Waals surface area contributed by atoms with Crippen LogP contribution in [0.4, 0.5) is 5.69 Å². The summed E-state index contributed by atoms with van der Waals surface area (Å²) >= 11 is 0. The maximum atomic E-state index is 12.9. The van der Waals surface area contributed by atoms with Gasteiger partial charge in [-0.2, -0.15) is 0 Å². The van der Waals surface area contributed by atoms with Crippen molar-refractivity contribution in [2.45, 2.75) is 23.2 Å². The number of carboxylic acid groups (broad SMARTS) is 1. The number of methoxy groups -OCH3 is 1. The van der Waals surface area contributed by atoms with Gasteiger partial charge < -0.3 is 15.2 Å². The lowest BCUT2D eigenvalue weighted by Crippen LogP contribution is -2.28. The number of sulfone groups is 1. The fourth-order valence-electron chi connectivity index (χ4n) is 3.04. The number of carbonyl (C=O) groups excluding carboxylic acids is 1. The molecule has 0 radical (unpaired) electrons. The van der Waals surface area contributed by atoms with Crippen LogP contribution in [0.3, 0.4) is 0 Å². The summed E-state index contributed by atoms with van der Waals surface area (Å²) in [4.78, 5) is 24.1. The standard InChI is InChI=1S/C19H19NO6S/c1-26-16-6-4-3-5-15(16)19(7-8-19)18(23)20-13-9-12(17(21)22)10-14(11-13)27(2,24)25/h3-6,9-11H,7-8H2,1-2H3,(H,20,23)(H,21,22). The van der Waals surface area contributed by atoms with Gasteiger partial charge in [-0.25, -0.2) is 13.2 Å². The van der Waals surface area contributed by atoms with Gasteiger partial charge in [-0.15, -0.1) is 0 Å². The Balaban J connectivity index is 1.97. The Labute approximate surface area is 156 Å². The fraction of sp³-hybridized carbons (Fsp3) is 0.263. The lowest BCUT2D eigenvalue weighted by atomic mass is 9.93. The molecule has 0 aliphatic heterocycles. The van der Waals surface area contributed by atoms with Crippen molar-refractivity contribution in [1.82, 2.24) is 0 Å². The van der Waals surface area contributed by atoms with E-state index < -0.39 is 21.2 Å². The predicted octanol–water partition coefficient (Wildman–Crippen LogP) is 2.47. The van der Waals surface area contributed by atoms with E-state index in [0.717, 1.165) is 17.9 Å². The van der Waals surface area contributed by atoms with Crippen LogP contribution in [-0.4, -0.2) is 38.8 Å². The van der Waals surface area contributed by atoms with Crippen molar-refractivity contribution >= 4 is 27.4 Å². The summed E-state index contributed by atoms with van der Waals surface area (Å²) in [5.41, 5.74) is -0.100. The first-order chi connectivity index (χ1) is 12.7. The summed E-state index contributed by atoms with van der Waals surface area (Å²) in [7, 11) is -2.11. The normalized spacial score (nSPS) is 15.0. The minimum atomic E-state index is -3.63. The highest BCUT2D eigenvalue weighted by atomic mass is 32.2. The van der Waals surface area contributed by atoms with Gasteiger partial charge in [-0.05, 0) is 37.1 Å². The minimum absolute atomic E-state index is 0.126.